The fourth-order valence-electron chi connectivity index (χ4n) is 5.04. The van der Waals surface area contributed by atoms with Crippen molar-refractivity contribution in [3.05, 3.63) is 130 Å². The Labute approximate surface area is 271 Å². The molecule has 1 atom stereocenters. The quantitative estimate of drug-likeness (QED) is 0.188. The SMILES string of the molecule is Cc1ccc(CN(C(=O)CN(c2cccc(Cl)c2C)S(=O)(=O)c2ccc(C)cc2)[C@@H](Cc2ccccc2)C(=O)NC(C)C)cc1. The lowest BCUT2D eigenvalue weighted by molar-refractivity contribution is -0.140. The van der Waals surface area contributed by atoms with Crippen LogP contribution in [0.2, 0.25) is 5.02 Å². The van der Waals surface area contributed by atoms with Gasteiger partial charge in [-0.2, -0.15) is 0 Å². The van der Waals surface area contributed by atoms with Gasteiger partial charge in [0.2, 0.25) is 11.8 Å². The maximum atomic E-state index is 14.6. The number of aryl methyl sites for hydroxylation is 2. The number of benzene rings is 4. The van der Waals surface area contributed by atoms with Crippen LogP contribution in [0.1, 0.15) is 41.7 Å². The zero-order valence-electron chi connectivity index (χ0n) is 26.3. The van der Waals surface area contributed by atoms with Crippen LogP contribution in [0, 0.1) is 20.8 Å². The van der Waals surface area contributed by atoms with Gasteiger partial charge in [-0.05, 0) is 75.6 Å². The van der Waals surface area contributed by atoms with Gasteiger partial charge in [0, 0.05) is 24.0 Å². The molecule has 4 aromatic rings. The first-order chi connectivity index (χ1) is 21.4. The average molecular weight is 646 g/mol. The van der Waals surface area contributed by atoms with E-state index in [-0.39, 0.29) is 35.5 Å². The Bertz CT molecular complexity index is 1720. The van der Waals surface area contributed by atoms with Gasteiger partial charge in [0.05, 0.1) is 10.6 Å². The van der Waals surface area contributed by atoms with Crippen LogP contribution < -0.4 is 9.62 Å². The van der Waals surface area contributed by atoms with Crippen LogP contribution in [-0.4, -0.2) is 43.8 Å². The highest BCUT2D eigenvalue weighted by Crippen LogP contribution is 2.31. The van der Waals surface area contributed by atoms with Crippen LogP contribution in [-0.2, 0) is 32.6 Å². The summed E-state index contributed by atoms with van der Waals surface area (Å²) >= 11 is 6.45. The molecule has 0 unspecified atom stereocenters. The maximum absolute atomic E-state index is 14.6. The summed E-state index contributed by atoms with van der Waals surface area (Å²) in [6.07, 6.45) is 0.248. The highest BCUT2D eigenvalue weighted by atomic mass is 35.5. The normalized spacial score (nSPS) is 12.1. The third kappa shape index (κ3) is 8.53. The average Bonchev–Trinajstić information content (AvgIpc) is 3.00. The summed E-state index contributed by atoms with van der Waals surface area (Å²) in [5, 5.41) is 3.35. The summed E-state index contributed by atoms with van der Waals surface area (Å²) in [6, 6.07) is 27.6. The number of carbonyl (C=O) groups excluding carboxylic acids is 2. The number of halogens is 1. The number of carbonyl (C=O) groups is 2. The van der Waals surface area contributed by atoms with E-state index in [1.54, 1.807) is 37.3 Å². The molecule has 0 spiro atoms. The number of sulfonamides is 1. The van der Waals surface area contributed by atoms with E-state index in [0.29, 0.717) is 10.6 Å². The third-order valence-corrected chi connectivity index (χ3v) is 9.75. The van der Waals surface area contributed by atoms with Crippen molar-refractivity contribution in [3.8, 4) is 0 Å². The third-order valence-electron chi connectivity index (χ3n) is 7.57. The van der Waals surface area contributed by atoms with E-state index >= 15 is 0 Å². The number of amides is 2. The molecule has 45 heavy (non-hydrogen) atoms. The van der Waals surface area contributed by atoms with Crippen LogP contribution in [0.15, 0.2) is 102 Å². The second-order valence-electron chi connectivity index (χ2n) is 11.6. The Hall–Kier alpha value is -4.14. The van der Waals surface area contributed by atoms with E-state index in [9.17, 15) is 18.0 Å². The molecule has 1 N–H and O–H groups in total. The zero-order valence-corrected chi connectivity index (χ0v) is 27.9. The Morgan fingerprint density at radius 3 is 1.98 bits per heavy atom. The molecule has 0 aromatic heterocycles. The molecule has 0 aliphatic carbocycles. The molecular weight excluding hydrogens is 606 g/mol. The van der Waals surface area contributed by atoms with Gasteiger partial charge in [0.1, 0.15) is 12.6 Å². The number of hydrogen-bond acceptors (Lipinski definition) is 4. The first-order valence-electron chi connectivity index (χ1n) is 14.9. The molecule has 0 saturated carbocycles. The highest BCUT2D eigenvalue weighted by Gasteiger charge is 2.35. The van der Waals surface area contributed by atoms with Crippen molar-refractivity contribution in [3.63, 3.8) is 0 Å². The first kappa shape index (κ1) is 33.7. The molecule has 0 aliphatic heterocycles. The summed E-state index contributed by atoms with van der Waals surface area (Å²) in [4.78, 5) is 29.9. The molecule has 236 valence electrons. The van der Waals surface area contributed by atoms with Crippen molar-refractivity contribution in [2.75, 3.05) is 10.8 Å². The van der Waals surface area contributed by atoms with Crippen molar-refractivity contribution in [2.45, 2.75) is 64.6 Å². The largest absolute Gasteiger partial charge is 0.352 e. The predicted molar refractivity (Wildman–Crippen MR) is 181 cm³/mol. The van der Waals surface area contributed by atoms with E-state index in [1.165, 1.54) is 17.0 Å². The lowest BCUT2D eigenvalue weighted by atomic mass is 10.0. The molecule has 0 radical (unpaired) electrons. The molecule has 2 amide bonds. The molecular formula is C36H40ClN3O4S. The first-order valence-corrected chi connectivity index (χ1v) is 16.7. The van der Waals surface area contributed by atoms with Gasteiger partial charge in [-0.15, -0.1) is 0 Å². The van der Waals surface area contributed by atoms with Gasteiger partial charge in [0.25, 0.3) is 10.0 Å². The summed E-state index contributed by atoms with van der Waals surface area (Å²) in [5.74, 6) is -0.841. The van der Waals surface area contributed by atoms with Crippen molar-refractivity contribution < 1.29 is 18.0 Å². The van der Waals surface area contributed by atoms with Gasteiger partial charge >= 0.3 is 0 Å². The van der Waals surface area contributed by atoms with Crippen LogP contribution >= 0.6 is 11.6 Å². The molecule has 4 rings (SSSR count). The second-order valence-corrected chi connectivity index (χ2v) is 13.9. The monoisotopic (exact) mass is 645 g/mol. The summed E-state index contributed by atoms with van der Waals surface area (Å²) < 4.78 is 29.6. The lowest BCUT2D eigenvalue weighted by Crippen LogP contribution is -2.54. The topological polar surface area (TPSA) is 86.8 Å². The van der Waals surface area contributed by atoms with Crippen molar-refractivity contribution in [2.24, 2.45) is 0 Å². The number of nitrogens with one attached hydrogen (secondary N) is 1. The van der Waals surface area contributed by atoms with Crippen molar-refractivity contribution >= 4 is 39.1 Å². The molecule has 0 heterocycles. The van der Waals surface area contributed by atoms with Crippen LogP contribution in [0.5, 0.6) is 0 Å². The summed E-state index contributed by atoms with van der Waals surface area (Å²) in [5.41, 5.74) is 4.46. The minimum atomic E-state index is -4.21. The number of anilines is 1. The van der Waals surface area contributed by atoms with Crippen LogP contribution in [0.3, 0.4) is 0 Å². The number of hydrogen-bond donors (Lipinski definition) is 1. The number of nitrogens with zero attached hydrogens (tertiary/aromatic N) is 2. The minimum absolute atomic E-state index is 0.0451. The van der Waals surface area contributed by atoms with Crippen LogP contribution in [0.4, 0.5) is 5.69 Å². The second kappa shape index (κ2) is 14.8. The van der Waals surface area contributed by atoms with Gasteiger partial charge in [-0.3, -0.25) is 13.9 Å². The van der Waals surface area contributed by atoms with E-state index in [0.717, 1.165) is 26.6 Å². The van der Waals surface area contributed by atoms with E-state index in [4.69, 9.17) is 11.6 Å². The molecule has 0 fully saturated rings. The lowest BCUT2D eigenvalue weighted by Gasteiger charge is -2.34. The molecule has 0 bridgehead atoms. The van der Waals surface area contributed by atoms with E-state index < -0.39 is 28.5 Å². The molecule has 0 saturated heterocycles. The van der Waals surface area contributed by atoms with Gasteiger partial charge in [-0.1, -0.05) is 95.5 Å². The van der Waals surface area contributed by atoms with Crippen molar-refractivity contribution in [1.82, 2.24) is 10.2 Å². The Morgan fingerprint density at radius 1 is 0.778 bits per heavy atom. The number of rotatable bonds is 12. The van der Waals surface area contributed by atoms with Gasteiger partial charge in [0.15, 0.2) is 0 Å². The molecule has 7 nitrogen and oxygen atoms in total. The summed E-state index contributed by atoms with van der Waals surface area (Å²) in [7, 11) is -4.21. The predicted octanol–water partition coefficient (Wildman–Crippen LogP) is 6.63. The zero-order chi connectivity index (χ0) is 32.7. The molecule has 0 aliphatic rings. The minimum Gasteiger partial charge on any atom is -0.352 e. The molecule has 9 heteroatoms. The smallest absolute Gasteiger partial charge is 0.264 e. The highest BCUT2D eigenvalue weighted by molar-refractivity contribution is 7.92. The Morgan fingerprint density at radius 2 is 1.38 bits per heavy atom. The standard InChI is InChI=1S/C36H40ClN3O4S/c1-25(2)38-36(42)34(22-29-10-7-6-8-11-29)39(23-30-18-14-26(3)15-19-30)35(41)24-40(33-13-9-12-32(37)28(33)5)45(43,44)31-20-16-27(4)17-21-31/h6-21,25,34H,22-24H2,1-5H3,(H,38,42)/t34-/m0/s1. The Balaban J connectivity index is 1.83. The fraction of sp³-hybridized carbons (Fsp3) is 0.278. The van der Waals surface area contributed by atoms with Crippen LogP contribution in [0.25, 0.3) is 0 Å². The molecule has 4 aromatic carbocycles. The van der Waals surface area contributed by atoms with E-state index in [1.807, 2.05) is 82.3 Å². The van der Waals surface area contributed by atoms with E-state index in [2.05, 4.69) is 5.32 Å². The van der Waals surface area contributed by atoms with Crippen molar-refractivity contribution in [1.29, 1.82) is 0 Å². The summed E-state index contributed by atoms with van der Waals surface area (Å²) in [6.45, 7) is 8.86. The Kier molecular flexibility index (Phi) is 11.1. The van der Waals surface area contributed by atoms with Gasteiger partial charge < -0.3 is 10.2 Å². The fourth-order valence-corrected chi connectivity index (χ4v) is 6.68. The maximum Gasteiger partial charge on any atom is 0.264 e. The van der Waals surface area contributed by atoms with Gasteiger partial charge in [-0.25, -0.2) is 8.42 Å².